The molecule has 0 aliphatic carbocycles. The lowest BCUT2D eigenvalue weighted by molar-refractivity contribution is 0.217. The van der Waals surface area contributed by atoms with Crippen LogP contribution >= 0.6 is 0 Å². The summed E-state index contributed by atoms with van der Waals surface area (Å²) < 4.78 is 5.77. The number of H-pyrrole nitrogens is 1. The average molecular weight is 273 g/mol. The zero-order valence-corrected chi connectivity index (χ0v) is 12.2. The van der Waals surface area contributed by atoms with E-state index in [1.165, 1.54) is 0 Å². The highest BCUT2D eigenvalue weighted by atomic mass is 16.5. The Labute approximate surface area is 120 Å². The molecule has 1 atom stereocenters. The third-order valence-electron chi connectivity index (χ3n) is 3.32. The number of benzene rings is 1. The van der Waals surface area contributed by atoms with Crippen molar-refractivity contribution >= 4 is 0 Å². The molecule has 0 fully saturated rings. The number of aryl methyl sites for hydroxylation is 1. The van der Waals surface area contributed by atoms with Crippen molar-refractivity contribution in [2.45, 2.75) is 39.2 Å². The molecule has 1 aromatic carbocycles. The number of imidazole rings is 1. The number of hydrogen-bond donors (Lipinski definition) is 2. The first-order valence-electron chi connectivity index (χ1n) is 7.24. The molecule has 0 bridgehead atoms. The van der Waals surface area contributed by atoms with Crippen molar-refractivity contribution < 1.29 is 4.74 Å². The fourth-order valence-corrected chi connectivity index (χ4v) is 1.93. The quantitative estimate of drug-likeness (QED) is 0.814. The van der Waals surface area contributed by atoms with E-state index < -0.39 is 0 Å². The van der Waals surface area contributed by atoms with Crippen molar-refractivity contribution in [1.82, 2.24) is 9.97 Å². The van der Waals surface area contributed by atoms with Gasteiger partial charge in [0, 0.05) is 17.5 Å². The summed E-state index contributed by atoms with van der Waals surface area (Å²) in [5.41, 5.74) is 7.71. The zero-order valence-electron chi connectivity index (χ0n) is 12.2. The van der Waals surface area contributed by atoms with Crippen molar-refractivity contribution in [2.24, 2.45) is 5.73 Å². The molecule has 2 aromatic rings. The molecule has 0 spiro atoms. The number of aromatic nitrogens is 2. The summed E-state index contributed by atoms with van der Waals surface area (Å²) in [6, 6.07) is 8.04. The predicted molar refractivity (Wildman–Crippen MR) is 81.8 cm³/mol. The van der Waals surface area contributed by atoms with E-state index in [9.17, 15) is 0 Å². The van der Waals surface area contributed by atoms with Gasteiger partial charge in [-0.2, -0.15) is 0 Å². The van der Waals surface area contributed by atoms with Crippen molar-refractivity contribution in [2.75, 3.05) is 6.54 Å². The van der Waals surface area contributed by atoms with Gasteiger partial charge in [0.05, 0.1) is 6.10 Å². The molecule has 1 aromatic heterocycles. The van der Waals surface area contributed by atoms with Gasteiger partial charge in [-0.1, -0.05) is 6.92 Å². The first-order valence-corrected chi connectivity index (χ1v) is 7.24. The lowest BCUT2D eigenvalue weighted by Gasteiger charge is -2.12. The number of nitrogens with two attached hydrogens (primary N) is 1. The Morgan fingerprint density at radius 1 is 1.30 bits per heavy atom. The van der Waals surface area contributed by atoms with Crippen LogP contribution in [0.2, 0.25) is 0 Å². The summed E-state index contributed by atoms with van der Waals surface area (Å²) in [6.45, 7) is 4.89. The summed E-state index contributed by atoms with van der Waals surface area (Å²) in [5.74, 6) is 1.80. The summed E-state index contributed by atoms with van der Waals surface area (Å²) in [7, 11) is 0. The van der Waals surface area contributed by atoms with Gasteiger partial charge in [-0.3, -0.25) is 0 Å². The zero-order chi connectivity index (χ0) is 14.4. The van der Waals surface area contributed by atoms with Gasteiger partial charge in [0.2, 0.25) is 0 Å². The molecule has 1 unspecified atom stereocenters. The SMILES string of the molecule is CCC(C)Oc1ccc(-c2ncc(CCCN)[nH]2)cc1. The first kappa shape index (κ1) is 14.6. The van der Waals surface area contributed by atoms with Crippen LogP contribution in [-0.2, 0) is 6.42 Å². The van der Waals surface area contributed by atoms with E-state index in [4.69, 9.17) is 10.5 Å². The second-order valence-corrected chi connectivity index (χ2v) is 5.01. The van der Waals surface area contributed by atoms with Gasteiger partial charge < -0.3 is 15.5 Å². The highest BCUT2D eigenvalue weighted by molar-refractivity contribution is 5.56. The van der Waals surface area contributed by atoms with Crippen LogP contribution in [0.5, 0.6) is 5.75 Å². The Bertz CT molecular complexity index is 519. The first-order chi connectivity index (χ1) is 9.72. The summed E-state index contributed by atoms with van der Waals surface area (Å²) in [5, 5.41) is 0. The molecule has 20 heavy (non-hydrogen) atoms. The van der Waals surface area contributed by atoms with Gasteiger partial charge in [0.1, 0.15) is 11.6 Å². The fraction of sp³-hybridized carbons (Fsp3) is 0.438. The molecule has 1 heterocycles. The van der Waals surface area contributed by atoms with Crippen molar-refractivity contribution in [1.29, 1.82) is 0 Å². The topological polar surface area (TPSA) is 63.9 Å². The fourth-order valence-electron chi connectivity index (χ4n) is 1.93. The Hall–Kier alpha value is -1.81. The molecule has 108 valence electrons. The molecule has 0 radical (unpaired) electrons. The molecule has 0 saturated heterocycles. The molecule has 0 saturated carbocycles. The summed E-state index contributed by atoms with van der Waals surface area (Å²) in [6.07, 6.45) is 5.05. The Kier molecular flexibility index (Phi) is 5.18. The second-order valence-electron chi connectivity index (χ2n) is 5.01. The highest BCUT2D eigenvalue weighted by Gasteiger charge is 2.05. The molecule has 4 heteroatoms. The van der Waals surface area contributed by atoms with Gasteiger partial charge in [-0.15, -0.1) is 0 Å². The van der Waals surface area contributed by atoms with Crippen LogP contribution in [0, 0.1) is 0 Å². The average Bonchev–Trinajstić information content (AvgIpc) is 2.94. The number of hydrogen-bond acceptors (Lipinski definition) is 3. The monoisotopic (exact) mass is 273 g/mol. The maximum Gasteiger partial charge on any atom is 0.137 e. The van der Waals surface area contributed by atoms with Crippen LogP contribution in [0.15, 0.2) is 30.5 Å². The minimum atomic E-state index is 0.243. The van der Waals surface area contributed by atoms with Gasteiger partial charge in [-0.05, 0) is 57.0 Å². The van der Waals surface area contributed by atoms with Gasteiger partial charge in [-0.25, -0.2) is 4.98 Å². The van der Waals surface area contributed by atoms with E-state index in [0.717, 1.165) is 42.1 Å². The molecule has 2 rings (SSSR count). The van der Waals surface area contributed by atoms with Crippen molar-refractivity contribution in [3.63, 3.8) is 0 Å². The number of rotatable bonds is 7. The third kappa shape index (κ3) is 3.84. The molecule has 0 aliphatic heterocycles. The lowest BCUT2D eigenvalue weighted by atomic mass is 10.2. The van der Waals surface area contributed by atoms with Gasteiger partial charge in [0.25, 0.3) is 0 Å². The number of nitrogens with one attached hydrogen (secondary N) is 1. The van der Waals surface area contributed by atoms with E-state index in [1.807, 2.05) is 30.5 Å². The number of ether oxygens (including phenoxy) is 1. The lowest BCUT2D eigenvalue weighted by Crippen LogP contribution is -2.09. The Morgan fingerprint density at radius 3 is 2.70 bits per heavy atom. The summed E-state index contributed by atoms with van der Waals surface area (Å²) >= 11 is 0. The molecule has 0 aliphatic rings. The summed E-state index contributed by atoms with van der Waals surface area (Å²) in [4.78, 5) is 7.74. The molecular formula is C16H23N3O. The van der Waals surface area contributed by atoms with Crippen LogP contribution in [0.25, 0.3) is 11.4 Å². The van der Waals surface area contributed by atoms with E-state index in [2.05, 4.69) is 23.8 Å². The number of nitrogens with zero attached hydrogens (tertiary/aromatic N) is 1. The molecular weight excluding hydrogens is 250 g/mol. The molecule has 4 nitrogen and oxygen atoms in total. The maximum atomic E-state index is 5.77. The van der Waals surface area contributed by atoms with E-state index in [1.54, 1.807) is 0 Å². The van der Waals surface area contributed by atoms with Gasteiger partial charge in [0.15, 0.2) is 0 Å². The van der Waals surface area contributed by atoms with E-state index in [0.29, 0.717) is 6.54 Å². The minimum Gasteiger partial charge on any atom is -0.491 e. The molecule has 0 amide bonds. The largest absolute Gasteiger partial charge is 0.491 e. The number of aromatic amines is 1. The Morgan fingerprint density at radius 2 is 2.05 bits per heavy atom. The second kappa shape index (κ2) is 7.10. The highest BCUT2D eigenvalue weighted by Crippen LogP contribution is 2.21. The third-order valence-corrected chi connectivity index (χ3v) is 3.32. The van der Waals surface area contributed by atoms with E-state index in [-0.39, 0.29) is 6.10 Å². The van der Waals surface area contributed by atoms with Crippen LogP contribution in [0.4, 0.5) is 0 Å². The van der Waals surface area contributed by atoms with Crippen LogP contribution in [-0.4, -0.2) is 22.6 Å². The van der Waals surface area contributed by atoms with Crippen LogP contribution in [0.1, 0.15) is 32.4 Å². The Balaban J connectivity index is 2.03. The standard InChI is InChI=1S/C16H23N3O/c1-3-12(2)20-15-8-6-13(7-9-15)16-18-11-14(19-16)5-4-10-17/h6-9,11-12H,3-5,10,17H2,1-2H3,(H,18,19). The predicted octanol–water partition coefficient (Wildman–Crippen LogP) is 3.15. The van der Waals surface area contributed by atoms with Crippen LogP contribution in [0.3, 0.4) is 0 Å². The smallest absolute Gasteiger partial charge is 0.137 e. The van der Waals surface area contributed by atoms with Gasteiger partial charge >= 0.3 is 0 Å². The minimum absolute atomic E-state index is 0.243. The van der Waals surface area contributed by atoms with Crippen molar-refractivity contribution in [3.05, 3.63) is 36.2 Å². The van der Waals surface area contributed by atoms with Crippen molar-refractivity contribution in [3.8, 4) is 17.1 Å². The maximum absolute atomic E-state index is 5.77. The van der Waals surface area contributed by atoms with E-state index >= 15 is 0 Å². The van der Waals surface area contributed by atoms with Crippen LogP contribution < -0.4 is 10.5 Å². The normalized spacial score (nSPS) is 12.3. The molecule has 3 N–H and O–H groups in total.